The summed E-state index contributed by atoms with van der Waals surface area (Å²) in [7, 11) is -3.94. The Kier molecular flexibility index (Phi) is 8.33. The summed E-state index contributed by atoms with van der Waals surface area (Å²) in [5.41, 5.74) is 2.94. The van der Waals surface area contributed by atoms with E-state index in [0.29, 0.717) is 18.8 Å². The first-order valence-electron chi connectivity index (χ1n) is 11.4. The number of benzene rings is 1. The fourth-order valence-electron chi connectivity index (χ4n) is 3.13. The summed E-state index contributed by atoms with van der Waals surface area (Å²) < 4.78 is 15.6. The lowest BCUT2D eigenvalue weighted by Gasteiger charge is -2.41. The van der Waals surface area contributed by atoms with Crippen molar-refractivity contribution in [3.63, 3.8) is 0 Å². The Morgan fingerprint density at radius 2 is 1.59 bits per heavy atom. The minimum Gasteiger partial charge on any atom is -0.414 e. The molecule has 1 aromatic carbocycles. The highest BCUT2D eigenvalue weighted by atomic mass is 79.9. The Hall–Kier alpha value is -0.916. The molecule has 4 nitrogen and oxygen atoms in total. The lowest BCUT2D eigenvalue weighted by molar-refractivity contribution is 0.0943. The standard InChI is InChI=1S/C25H41BrN2O2Si2/c1-24(2,3)31(7,8)29-18-22(30-32(9,10)25(4,5)6)17-28-21(16-27)14-20-13-19(15-26)11-12-23(20)28/h11-14,22H,15,17-18H2,1-10H3. The number of nitrogens with zero attached hydrogens (tertiary/aromatic N) is 2. The normalized spacial score (nSPS) is 14.6. The molecule has 32 heavy (non-hydrogen) atoms. The molecule has 0 spiro atoms. The van der Waals surface area contributed by atoms with Gasteiger partial charge in [-0.1, -0.05) is 63.5 Å². The fourth-order valence-corrected chi connectivity index (χ4v) is 5.85. The Bertz CT molecular complexity index is 979. The molecule has 0 aliphatic rings. The highest BCUT2D eigenvalue weighted by Gasteiger charge is 2.41. The predicted octanol–water partition coefficient (Wildman–Crippen LogP) is 7.82. The number of hydrogen-bond donors (Lipinski definition) is 0. The molecule has 7 heteroatoms. The molecule has 1 heterocycles. The van der Waals surface area contributed by atoms with Crippen molar-refractivity contribution in [1.82, 2.24) is 4.57 Å². The average Bonchev–Trinajstić information content (AvgIpc) is 3.00. The monoisotopic (exact) mass is 536 g/mol. The molecule has 0 N–H and O–H groups in total. The molecule has 2 rings (SSSR count). The van der Waals surface area contributed by atoms with Gasteiger partial charge >= 0.3 is 0 Å². The second-order valence-corrected chi connectivity index (χ2v) is 22.0. The zero-order chi connectivity index (χ0) is 24.5. The minimum absolute atomic E-state index is 0.101. The molecule has 0 radical (unpaired) electrons. The molecule has 0 aliphatic carbocycles. The molecule has 1 unspecified atom stereocenters. The average molecular weight is 538 g/mol. The van der Waals surface area contributed by atoms with E-state index in [0.717, 1.165) is 16.2 Å². The molecule has 0 fully saturated rings. The summed E-state index contributed by atoms with van der Waals surface area (Å²) >= 11 is 3.53. The zero-order valence-electron chi connectivity index (χ0n) is 21.6. The van der Waals surface area contributed by atoms with Gasteiger partial charge in [0.15, 0.2) is 16.6 Å². The highest BCUT2D eigenvalue weighted by molar-refractivity contribution is 9.08. The van der Waals surface area contributed by atoms with Crippen LogP contribution in [0.25, 0.3) is 10.9 Å². The zero-order valence-corrected chi connectivity index (χ0v) is 25.2. The van der Waals surface area contributed by atoms with Crippen LogP contribution in [-0.4, -0.2) is 33.9 Å². The molecular formula is C25H41BrN2O2Si2. The van der Waals surface area contributed by atoms with Crippen LogP contribution in [0.4, 0.5) is 0 Å². The van der Waals surface area contributed by atoms with Gasteiger partial charge in [0, 0.05) is 16.2 Å². The highest BCUT2D eigenvalue weighted by Crippen LogP contribution is 2.39. The summed E-state index contributed by atoms with van der Waals surface area (Å²) in [6.07, 6.45) is -0.108. The molecule has 1 atom stereocenters. The van der Waals surface area contributed by atoms with Crippen LogP contribution in [-0.2, 0) is 20.7 Å². The fraction of sp³-hybridized carbons (Fsp3) is 0.640. The van der Waals surface area contributed by atoms with Gasteiger partial charge in [-0.15, -0.1) is 0 Å². The van der Waals surface area contributed by atoms with Crippen molar-refractivity contribution in [2.45, 2.75) is 95.8 Å². The molecule has 1 aromatic heterocycles. The van der Waals surface area contributed by atoms with Crippen LogP contribution in [0.3, 0.4) is 0 Å². The number of hydrogen-bond acceptors (Lipinski definition) is 3. The molecule has 0 saturated heterocycles. The number of rotatable bonds is 8. The van der Waals surface area contributed by atoms with Crippen LogP contribution in [0.5, 0.6) is 0 Å². The van der Waals surface area contributed by atoms with Gasteiger partial charge in [-0.3, -0.25) is 0 Å². The maximum absolute atomic E-state index is 9.85. The Balaban J connectivity index is 2.43. The number of halogens is 1. The lowest BCUT2D eigenvalue weighted by Crippen LogP contribution is -2.49. The Morgan fingerprint density at radius 1 is 1.00 bits per heavy atom. The van der Waals surface area contributed by atoms with Gasteiger partial charge in [-0.05, 0) is 60.0 Å². The SMILES string of the molecule is CC(C)(C)[Si](C)(C)OCC(Cn1c(C#N)cc2cc(CBr)ccc21)O[Si](C)(C)C(C)(C)C. The van der Waals surface area contributed by atoms with Crippen LogP contribution in [0.2, 0.25) is 36.3 Å². The summed E-state index contributed by atoms with van der Waals surface area (Å²) in [5.74, 6) is 0. The topological polar surface area (TPSA) is 47.2 Å². The van der Waals surface area contributed by atoms with E-state index < -0.39 is 16.6 Å². The third-order valence-corrected chi connectivity index (χ3v) is 17.0. The summed E-state index contributed by atoms with van der Waals surface area (Å²) in [4.78, 5) is 0. The van der Waals surface area contributed by atoms with Crippen LogP contribution in [0.15, 0.2) is 24.3 Å². The lowest BCUT2D eigenvalue weighted by atomic mass is 10.2. The van der Waals surface area contributed by atoms with Crippen molar-refractivity contribution in [3.8, 4) is 6.07 Å². The van der Waals surface area contributed by atoms with E-state index in [-0.39, 0.29) is 16.2 Å². The van der Waals surface area contributed by atoms with Crippen molar-refractivity contribution in [2.75, 3.05) is 6.61 Å². The van der Waals surface area contributed by atoms with Gasteiger partial charge in [0.05, 0.1) is 19.3 Å². The first-order valence-corrected chi connectivity index (χ1v) is 18.4. The van der Waals surface area contributed by atoms with Gasteiger partial charge in [-0.2, -0.15) is 5.26 Å². The molecule has 0 amide bonds. The van der Waals surface area contributed by atoms with Gasteiger partial charge in [0.2, 0.25) is 0 Å². The van der Waals surface area contributed by atoms with Crippen molar-refractivity contribution >= 4 is 43.5 Å². The second kappa shape index (κ2) is 9.75. The number of nitriles is 1. The molecule has 0 saturated carbocycles. The maximum Gasteiger partial charge on any atom is 0.192 e. The van der Waals surface area contributed by atoms with Crippen molar-refractivity contribution in [3.05, 3.63) is 35.5 Å². The predicted molar refractivity (Wildman–Crippen MR) is 145 cm³/mol. The first-order chi connectivity index (χ1) is 14.5. The van der Waals surface area contributed by atoms with Gasteiger partial charge < -0.3 is 13.4 Å². The van der Waals surface area contributed by atoms with E-state index >= 15 is 0 Å². The molecule has 0 bridgehead atoms. The van der Waals surface area contributed by atoms with E-state index in [4.69, 9.17) is 8.85 Å². The van der Waals surface area contributed by atoms with Crippen LogP contribution >= 0.6 is 15.9 Å². The number of aromatic nitrogens is 1. The first kappa shape index (κ1) is 27.3. The van der Waals surface area contributed by atoms with E-state index in [1.165, 1.54) is 5.56 Å². The van der Waals surface area contributed by atoms with E-state index in [1.54, 1.807) is 0 Å². The number of fused-ring (bicyclic) bond motifs is 1. The quantitative estimate of drug-likeness (QED) is 0.255. The largest absolute Gasteiger partial charge is 0.414 e. The molecule has 0 aliphatic heterocycles. The summed E-state index contributed by atoms with van der Waals surface area (Å²) in [6.45, 7) is 23.9. The van der Waals surface area contributed by atoms with Gasteiger partial charge in [-0.25, -0.2) is 0 Å². The van der Waals surface area contributed by atoms with Gasteiger partial charge in [0.1, 0.15) is 11.8 Å². The van der Waals surface area contributed by atoms with Crippen molar-refractivity contribution in [2.24, 2.45) is 0 Å². The van der Waals surface area contributed by atoms with Crippen LogP contribution in [0, 0.1) is 11.3 Å². The van der Waals surface area contributed by atoms with Crippen LogP contribution < -0.4 is 0 Å². The smallest absolute Gasteiger partial charge is 0.192 e. The molecule has 2 aromatic rings. The molecule has 178 valence electrons. The minimum atomic E-state index is -2.02. The van der Waals surface area contributed by atoms with Crippen molar-refractivity contribution in [1.29, 1.82) is 5.26 Å². The van der Waals surface area contributed by atoms with E-state index in [2.05, 4.69) is 112 Å². The second-order valence-electron chi connectivity index (χ2n) is 11.9. The number of alkyl halides is 1. The Labute approximate surface area is 205 Å². The van der Waals surface area contributed by atoms with Gasteiger partial charge in [0.25, 0.3) is 0 Å². The van der Waals surface area contributed by atoms with E-state index in [1.807, 2.05) is 6.07 Å². The van der Waals surface area contributed by atoms with Crippen LogP contribution in [0.1, 0.15) is 52.8 Å². The third kappa shape index (κ3) is 6.15. The summed E-state index contributed by atoms with van der Waals surface area (Å²) in [5, 5.41) is 12.0. The summed E-state index contributed by atoms with van der Waals surface area (Å²) in [6, 6.07) is 10.8. The van der Waals surface area contributed by atoms with E-state index in [9.17, 15) is 5.26 Å². The molecular weight excluding hydrogens is 496 g/mol. The maximum atomic E-state index is 9.85. The Morgan fingerprint density at radius 3 is 2.09 bits per heavy atom. The van der Waals surface area contributed by atoms with Crippen molar-refractivity contribution < 1.29 is 8.85 Å². The third-order valence-electron chi connectivity index (χ3n) is 7.32.